The lowest BCUT2D eigenvalue weighted by Crippen LogP contribution is -2.45. The average Bonchev–Trinajstić information content (AvgIpc) is 2.65. The van der Waals surface area contributed by atoms with E-state index in [0.717, 1.165) is 5.56 Å². The standard InChI is InChI=1S/C20H21Cl2NO3/c1-2-26-18-8-7-14(13-17(18)22)23-19(24)20(9-11-25-12-10-20)15-5-3-4-6-16(15)21/h3-8,13H,2,9-12H2,1H3,(H,23,24). The van der Waals surface area contributed by atoms with Gasteiger partial charge in [-0.25, -0.2) is 0 Å². The number of benzene rings is 2. The molecule has 0 saturated carbocycles. The quantitative estimate of drug-likeness (QED) is 0.770. The van der Waals surface area contributed by atoms with Gasteiger partial charge in [0.2, 0.25) is 5.91 Å². The van der Waals surface area contributed by atoms with Crippen molar-refractivity contribution in [2.75, 3.05) is 25.1 Å². The number of rotatable bonds is 5. The van der Waals surface area contributed by atoms with Gasteiger partial charge in [0.1, 0.15) is 5.75 Å². The third-order valence-corrected chi connectivity index (χ3v) is 5.28. The van der Waals surface area contributed by atoms with E-state index in [1.54, 1.807) is 18.2 Å². The highest BCUT2D eigenvalue weighted by molar-refractivity contribution is 6.32. The zero-order chi connectivity index (χ0) is 18.6. The second-order valence-corrected chi connectivity index (χ2v) is 7.02. The van der Waals surface area contributed by atoms with Crippen LogP contribution in [0.4, 0.5) is 5.69 Å². The van der Waals surface area contributed by atoms with Crippen molar-refractivity contribution in [2.45, 2.75) is 25.2 Å². The van der Waals surface area contributed by atoms with Crippen LogP contribution in [-0.4, -0.2) is 25.7 Å². The molecular formula is C20H21Cl2NO3. The molecule has 3 rings (SSSR count). The lowest BCUT2D eigenvalue weighted by atomic mass is 9.73. The molecule has 0 aliphatic carbocycles. The maximum Gasteiger partial charge on any atom is 0.235 e. The Bertz CT molecular complexity index is 788. The summed E-state index contributed by atoms with van der Waals surface area (Å²) in [5.74, 6) is 0.494. The number of carbonyl (C=O) groups is 1. The van der Waals surface area contributed by atoms with Crippen molar-refractivity contribution in [1.82, 2.24) is 0 Å². The summed E-state index contributed by atoms with van der Waals surface area (Å²) >= 11 is 12.7. The summed E-state index contributed by atoms with van der Waals surface area (Å²) in [5, 5.41) is 4.05. The van der Waals surface area contributed by atoms with Crippen molar-refractivity contribution in [1.29, 1.82) is 0 Å². The Balaban J connectivity index is 1.90. The maximum atomic E-state index is 13.3. The Hall–Kier alpha value is -1.75. The number of ether oxygens (including phenoxy) is 2. The molecule has 0 unspecified atom stereocenters. The maximum absolute atomic E-state index is 13.3. The zero-order valence-electron chi connectivity index (χ0n) is 14.6. The van der Waals surface area contributed by atoms with Gasteiger partial charge < -0.3 is 14.8 Å². The Morgan fingerprint density at radius 3 is 2.54 bits per heavy atom. The van der Waals surface area contributed by atoms with Crippen LogP contribution >= 0.6 is 23.2 Å². The summed E-state index contributed by atoms with van der Waals surface area (Å²) in [4.78, 5) is 13.3. The van der Waals surface area contributed by atoms with Crippen LogP contribution in [0, 0.1) is 0 Å². The van der Waals surface area contributed by atoms with E-state index in [0.29, 0.717) is 54.1 Å². The molecule has 0 radical (unpaired) electrons. The van der Waals surface area contributed by atoms with Crippen molar-refractivity contribution in [3.63, 3.8) is 0 Å². The molecule has 4 nitrogen and oxygen atoms in total. The molecule has 1 N–H and O–H groups in total. The molecule has 1 aliphatic rings. The van der Waals surface area contributed by atoms with E-state index < -0.39 is 5.41 Å². The van der Waals surface area contributed by atoms with Gasteiger partial charge in [-0.2, -0.15) is 0 Å². The summed E-state index contributed by atoms with van der Waals surface area (Å²) in [5.41, 5.74) is 0.739. The van der Waals surface area contributed by atoms with E-state index in [4.69, 9.17) is 32.7 Å². The largest absolute Gasteiger partial charge is 0.492 e. The monoisotopic (exact) mass is 393 g/mol. The van der Waals surface area contributed by atoms with E-state index in [1.165, 1.54) is 0 Å². The van der Waals surface area contributed by atoms with Gasteiger partial charge in [-0.1, -0.05) is 41.4 Å². The zero-order valence-corrected chi connectivity index (χ0v) is 16.1. The molecule has 0 aromatic heterocycles. The highest BCUT2D eigenvalue weighted by Gasteiger charge is 2.43. The number of hydrogen-bond acceptors (Lipinski definition) is 3. The predicted molar refractivity (Wildman–Crippen MR) is 104 cm³/mol. The fourth-order valence-electron chi connectivity index (χ4n) is 3.29. The molecule has 1 amide bonds. The molecule has 0 spiro atoms. The van der Waals surface area contributed by atoms with Crippen molar-refractivity contribution < 1.29 is 14.3 Å². The Kier molecular flexibility index (Phi) is 6.07. The van der Waals surface area contributed by atoms with E-state index in [1.807, 2.05) is 31.2 Å². The summed E-state index contributed by atoms with van der Waals surface area (Å²) < 4.78 is 10.9. The number of nitrogens with one attached hydrogen (secondary N) is 1. The van der Waals surface area contributed by atoms with Gasteiger partial charge in [-0.05, 0) is 49.6 Å². The molecule has 1 aliphatic heterocycles. The number of carbonyl (C=O) groups excluding carboxylic acids is 1. The summed E-state index contributed by atoms with van der Waals surface area (Å²) in [6.07, 6.45) is 1.15. The van der Waals surface area contributed by atoms with E-state index in [-0.39, 0.29) is 5.91 Å². The first kappa shape index (κ1) is 19.0. The molecule has 0 atom stereocenters. The highest BCUT2D eigenvalue weighted by atomic mass is 35.5. The normalized spacial score (nSPS) is 16.1. The minimum atomic E-state index is -0.721. The minimum Gasteiger partial charge on any atom is -0.492 e. The average molecular weight is 394 g/mol. The number of anilines is 1. The van der Waals surface area contributed by atoms with E-state index >= 15 is 0 Å². The third kappa shape index (κ3) is 3.83. The first-order valence-electron chi connectivity index (χ1n) is 8.63. The molecule has 0 bridgehead atoms. The van der Waals surface area contributed by atoms with Crippen LogP contribution in [0.1, 0.15) is 25.3 Å². The molecule has 2 aromatic rings. The predicted octanol–water partition coefficient (Wildman–Crippen LogP) is 5.08. The van der Waals surface area contributed by atoms with Gasteiger partial charge in [-0.15, -0.1) is 0 Å². The minimum absolute atomic E-state index is 0.103. The second kappa shape index (κ2) is 8.30. The van der Waals surface area contributed by atoms with Crippen molar-refractivity contribution in [3.8, 4) is 5.75 Å². The lowest BCUT2D eigenvalue weighted by Gasteiger charge is -2.36. The molecule has 1 fully saturated rings. The summed E-state index contributed by atoms with van der Waals surface area (Å²) in [6.45, 7) is 3.46. The van der Waals surface area contributed by atoms with Crippen LogP contribution in [0.2, 0.25) is 10.0 Å². The second-order valence-electron chi connectivity index (χ2n) is 6.21. The summed E-state index contributed by atoms with van der Waals surface area (Å²) in [6, 6.07) is 12.7. The molecule has 1 heterocycles. The van der Waals surface area contributed by atoms with Crippen LogP contribution in [0.25, 0.3) is 0 Å². The Labute approximate surface area is 163 Å². The van der Waals surface area contributed by atoms with Gasteiger partial charge in [0.15, 0.2) is 0 Å². The Morgan fingerprint density at radius 1 is 1.15 bits per heavy atom. The van der Waals surface area contributed by atoms with Crippen molar-refractivity contribution in [2.24, 2.45) is 0 Å². The van der Waals surface area contributed by atoms with Crippen LogP contribution in [-0.2, 0) is 14.9 Å². The van der Waals surface area contributed by atoms with Crippen LogP contribution < -0.4 is 10.1 Å². The van der Waals surface area contributed by atoms with Crippen LogP contribution in [0.3, 0.4) is 0 Å². The van der Waals surface area contributed by atoms with Crippen molar-refractivity contribution in [3.05, 3.63) is 58.1 Å². The first-order chi connectivity index (χ1) is 12.6. The fourth-order valence-corrected chi connectivity index (χ4v) is 3.84. The van der Waals surface area contributed by atoms with Crippen LogP contribution in [0.5, 0.6) is 5.75 Å². The summed E-state index contributed by atoms with van der Waals surface area (Å²) in [7, 11) is 0. The van der Waals surface area contributed by atoms with Crippen molar-refractivity contribution >= 4 is 34.8 Å². The first-order valence-corrected chi connectivity index (χ1v) is 9.39. The van der Waals surface area contributed by atoms with Crippen LogP contribution in [0.15, 0.2) is 42.5 Å². The van der Waals surface area contributed by atoms with Gasteiger partial charge in [0.05, 0.1) is 17.0 Å². The van der Waals surface area contributed by atoms with Gasteiger partial charge in [0.25, 0.3) is 0 Å². The Morgan fingerprint density at radius 2 is 1.88 bits per heavy atom. The number of halogens is 2. The molecule has 6 heteroatoms. The molecule has 26 heavy (non-hydrogen) atoms. The van der Waals surface area contributed by atoms with E-state index in [9.17, 15) is 4.79 Å². The number of hydrogen-bond donors (Lipinski definition) is 1. The van der Waals surface area contributed by atoms with Gasteiger partial charge >= 0.3 is 0 Å². The SMILES string of the molecule is CCOc1ccc(NC(=O)C2(c3ccccc3Cl)CCOCC2)cc1Cl. The third-order valence-electron chi connectivity index (χ3n) is 4.66. The van der Waals surface area contributed by atoms with Gasteiger partial charge in [-0.3, -0.25) is 4.79 Å². The van der Waals surface area contributed by atoms with Gasteiger partial charge in [0, 0.05) is 23.9 Å². The molecular weight excluding hydrogens is 373 g/mol. The van der Waals surface area contributed by atoms with E-state index in [2.05, 4.69) is 5.32 Å². The lowest BCUT2D eigenvalue weighted by molar-refractivity contribution is -0.125. The number of amides is 1. The topological polar surface area (TPSA) is 47.6 Å². The molecule has 2 aromatic carbocycles. The highest BCUT2D eigenvalue weighted by Crippen LogP contribution is 2.40. The smallest absolute Gasteiger partial charge is 0.235 e. The fraction of sp³-hybridized carbons (Fsp3) is 0.350. The molecule has 1 saturated heterocycles. The molecule has 138 valence electrons.